The SMILES string of the molecule is Cc1ccc(C2(O)CCCC(C)C2C)c(F)c1F. The molecule has 3 atom stereocenters. The zero-order valence-corrected chi connectivity index (χ0v) is 11.1. The molecule has 3 unspecified atom stereocenters. The molecule has 1 fully saturated rings. The van der Waals surface area contributed by atoms with E-state index in [-0.39, 0.29) is 17.0 Å². The van der Waals surface area contributed by atoms with Crippen LogP contribution in [-0.2, 0) is 5.60 Å². The van der Waals surface area contributed by atoms with Crippen molar-refractivity contribution in [3.05, 3.63) is 34.9 Å². The van der Waals surface area contributed by atoms with E-state index in [4.69, 9.17) is 0 Å². The molecule has 0 bridgehead atoms. The minimum Gasteiger partial charge on any atom is -0.385 e. The zero-order valence-electron chi connectivity index (χ0n) is 11.1. The van der Waals surface area contributed by atoms with E-state index in [1.165, 1.54) is 19.1 Å². The van der Waals surface area contributed by atoms with Crippen molar-refractivity contribution in [2.24, 2.45) is 11.8 Å². The molecule has 0 saturated heterocycles. The van der Waals surface area contributed by atoms with Crippen molar-refractivity contribution in [2.75, 3.05) is 0 Å². The Morgan fingerprint density at radius 1 is 1.22 bits per heavy atom. The molecule has 1 aliphatic carbocycles. The van der Waals surface area contributed by atoms with Gasteiger partial charge < -0.3 is 5.11 Å². The monoisotopic (exact) mass is 254 g/mol. The summed E-state index contributed by atoms with van der Waals surface area (Å²) in [7, 11) is 0. The van der Waals surface area contributed by atoms with E-state index < -0.39 is 17.2 Å². The number of aryl methyl sites for hydroxylation is 1. The van der Waals surface area contributed by atoms with E-state index in [1.807, 2.05) is 6.92 Å². The van der Waals surface area contributed by atoms with Crippen LogP contribution < -0.4 is 0 Å². The van der Waals surface area contributed by atoms with Crippen LogP contribution in [0.15, 0.2) is 12.1 Å². The molecule has 0 aromatic heterocycles. The molecule has 1 aliphatic rings. The molecule has 0 aliphatic heterocycles. The summed E-state index contributed by atoms with van der Waals surface area (Å²) in [6, 6.07) is 3.07. The summed E-state index contributed by atoms with van der Waals surface area (Å²) >= 11 is 0. The maximum atomic E-state index is 14.1. The van der Waals surface area contributed by atoms with Crippen LogP contribution in [0.1, 0.15) is 44.2 Å². The molecule has 2 rings (SSSR count). The summed E-state index contributed by atoms with van der Waals surface area (Å²) in [5.41, 5.74) is -0.850. The van der Waals surface area contributed by atoms with Gasteiger partial charge in [-0.1, -0.05) is 32.4 Å². The van der Waals surface area contributed by atoms with E-state index in [0.29, 0.717) is 12.3 Å². The third-order valence-electron chi connectivity index (χ3n) is 4.57. The number of rotatable bonds is 1. The highest BCUT2D eigenvalue weighted by Gasteiger charge is 2.43. The van der Waals surface area contributed by atoms with Crippen LogP contribution in [-0.4, -0.2) is 5.11 Å². The van der Waals surface area contributed by atoms with Gasteiger partial charge in [-0.3, -0.25) is 0 Å². The first-order chi connectivity index (χ1) is 8.38. The molecule has 0 heterocycles. The lowest BCUT2D eigenvalue weighted by Gasteiger charge is -2.42. The smallest absolute Gasteiger partial charge is 0.165 e. The largest absolute Gasteiger partial charge is 0.385 e. The predicted octanol–water partition coefficient (Wildman–Crippen LogP) is 3.92. The highest BCUT2D eigenvalue weighted by atomic mass is 19.2. The summed E-state index contributed by atoms with van der Waals surface area (Å²) in [4.78, 5) is 0. The molecule has 100 valence electrons. The van der Waals surface area contributed by atoms with E-state index >= 15 is 0 Å². The average Bonchev–Trinajstić information content (AvgIpc) is 2.33. The highest BCUT2D eigenvalue weighted by molar-refractivity contribution is 5.31. The summed E-state index contributed by atoms with van der Waals surface area (Å²) < 4.78 is 27.7. The summed E-state index contributed by atoms with van der Waals surface area (Å²) in [6.07, 6.45) is 2.37. The summed E-state index contributed by atoms with van der Waals surface area (Å²) in [6.45, 7) is 5.50. The third-order valence-corrected chi connectivity index (χ3v) is 4.57. The molecule has 18 heavy (non-hydrogen) atoms. The van der Waals surface area contributed by atoms with Gasteiger partial charge in [-0.2, -0.15) is 0 Å². The van der Waals surface area contributed by atoms with Crippen molar-refractivity contribution in [2.45, 2.75) is 45.6 Å². The number of aliphatic hydroxyl groups is 1. The van der Waals surface area contributed by atoms with Crippen molar-refractivity contribution in [1.82, 2.24) is 0 Å². The molecule has 1 saturated carbocycles. The third kappa shape index (κ3) is 1.95. The lowest BCUT2D eigenvalue weighted by Crippen LogP contribution is -2.41. The van der Waals surface area contributed by atoms with Crippen molar-refractivity contribution >= 4 is 0 Å². The first kappa shape index (κ1) is 13.5. The quantitative estimate of drug-likeness (QED) is 0.805. The number of halogens is 2. The summed E-state index contributed by atoms with van der Waals surface area (Å²) in [5.74, 6) is -1.49. The molecule has 1 N–H and O–H groups in total. The van der Waals surface area contributed by atoms with Crippen molar-refractivity contribution in [3.8, 4) is 0 Å². The Kier molecular flexibility index (Phi) is 3.45. The average molecular weight is 254 g/mol. The van der Waals surface area contributed by atoms with Gasteiger partial charge in [0.1, 0.15) is 0 Å². The second kappa shape index (κ2) is 4.61. The minimum atomic E-state index is -1.24. The Bertz CT molecular complexity index is 458. The van der Waals surface area contributed by atoms with Crippen LogP contribution in [0.25, 0.3) is 0 Å². The molecule has 0 amide bonds. The maximum Gasteiger partial charge on any atom is 0.165 e. The van der Waals surface area contributed by atoms with Crippen LogP contribution in [0, 0.1) is 30.4 Å². The molecule has 1 aromatic carbocycles. The van der Waals surface area contributed by atoms with Gasteiger partial charge in [-0.25, -0.2) is 8.78 Å². The van der Waals surface area contributed by atoms with Gasteiger partial charge in [0.2, 0.25) is 0 Å². The summed E-state index contributed by atoms with van der Waals surface area (Å²) in [5, 5.41) is 10.8. The molecule has 0 radical (unpaired) electrons. The lowest BCUT2D eigenvalue weighted by molar-refractivity contribution is -0.0716. The fourth-order valence-electron chi connectivity index (χ4n) is 3.00. The van der Waals surface area contributed by atoms with E-state index in [1.54, 1.807) is 0 Å². The molecule has 1 nitrogen and oxygen atoms in total. The van der Waals surface area contributed by atoms with Crippen LogP contribution in [0.2, 0.25) is 0 Å². The minimum absolute atomic E-state index is 0.0668. The first-order valence-electron chi connectivity index (χ1n) is 6.55. The van der Waals surface area contributed by atoms with E-state index in [0.717, 1.165) is 12.8 Å². The van der Waals surface area contributed by atoms with Gasteiger partial charge >= 0.3 is 0 Å². The number of hydrogen-bond donors (Lipinski definition) is 1. The Hall–Kier alpha value is -0.960. The van der Waals surface area contributed by atoms with Crippen LogP contribution >= 0.6 is 0 Å². The predicted molar refractivity (Wildman–Crippen MR) is 67.2 cm³/mol. The number of benzene rings is 1. The van der Waals surface area contributed by atoms with Gasteiger partial charge in [0, 0.05) is 5.56 Å². The Morgan fingerprint density at radius 3 is 2.56 bits per heavy atom. The van der Waals surface area contributed by atoms with Crippen molar-refractivity contribution in [3.63, 3.8) is 0 Å². The molecule has 3 heteroatoms. The Labute approximate surface area is 107 Å². The number of hydrogen-bond acceptors (Lipinski definition) is 1. The van der Waals surface area contributed by atoms with Crippen LogP contribution in [0.4, 0.5) is 8.78 Å². The van der Waals surface area contributed by atoms with E-state index in [2.05, 4.69) is 6.92 Å². The van der Waals surface area contributed by atoms with Gasteiger partial charge in [0.05, 0.1) is 5.60 Å². The van der Waals surface area contributed by atoms with Gasteiger partial charge in [0.15, 0.2) is 11.6 Å². The molecule has 0 spiro atoms. The van der Waals surface area contributed by atoms with Crippen LogP contribution in [0.3, 0.4) is 0 Å². The Balaban J connectivity index is 2.50. The standard InChI is InChI=1S/C15H20F2O/c1-9-5-4-8-15(18,11(9)3)12-7-6-10(2)13(16)14(12)17/h6-7,9,11,18H,4-5,8H2,1-3H3. The second-order valence-electron chi connectivity index (χ2n) is 5.64. The molecular weight excluding hydrogens is 234 g/mol. The topological polar surface area (TPSA) is 20.2 Å². The van der Waals surface area contributed by atoms with Gasteiger partial charge in [-0.15, -0.1) is 0 Å². The molecule has 1 aromatic rings. The fraction of sp³-hybridized carbons (Fsp3) is 0.600. The zero-order chi connectivity index (χ0) is 13.5. The highest BCUT2D eigenvalue weighted by Crippen LogP contribution is 2.45. The molecular formula is C15H20F2O. The van der Waals surface area contributed by atoms with E-state index in [9.17, 15) is 13.9 Å². The lowest BCUT2D eigenvalue weighted by atomic mass is 9.67. The first-order valence-corrected chi connectivity index (χ1v) is 6.55. The van der Waals surface area contributed by atoms with Crippen LogP contribution in [0.5, 0.6) is 0 Å². The van der Waals surface area contributed by atoms with Gasteiger partial charge in [0.25, 0.3) is 0 Å². The normalized spacial score (nSPS) is 32.6. The van der Waals surface area contributed by atoms with Crippen molar-refractivity contribution in [1.29, 1.82) is 0 Å². The maximum absolute atomic E-state index is 14.1. The van der Waals surface area contributed by atoms with Crippen molar-refractivity contribution < 1.29 is 13.9 Å². The second-order valence-corrected chi connectivity index (χ2v) is 5.64. The van der Waals surface area contributed by atoms with Gasteiger partial charge in [-0.05, 0) is 37.2 Å². The Morgan fingerprint density at radius 2 is 1.89 bits per heavy atom. The fourth-order valence-corrected chi connectivity index (χ4v) is 3.00.